The minimum Gasteiger partial charge on any atom is -0.493 e. The van der Waals surface area contributed by atoms with Gasteiger partial charge >= 0.3 is 0 Å². The maximum Gasteiger partial charge on any atom is 0.150 e. The summed E-state index contributed by atoms with van der Waals surface area (Å²) in [5.74, 6) is 0.776. The van der Waals surface area contributed by atoms with Crippen molar-refractivity contribution >= 4 is 18.4 Å². The van der Waals surface area contributed by atoms with Crippen LogP contribution in [0, 0.1) is 0 Å². The second-order valence-corrected chi connectivity index (χ2v) is 6.67. The Kier molecular flexibility index (Phi) is 9.73. The van der Waals surface area contributed by atoms with Crippen LogP contribution in [0.5, 0.6) is 5.75 Å². The fraction of sp³-hybridized carbons (Fsp3) is 0.320. The number of unbranched alkanes of at least 4 members (excludes halogenated alkanes) is 6. The number of hydrogen-bond donors (Lipinski definition) is 0. The number of rotatable bonds is 13. The molecule has 2 aromatic carbocycles. The Morgan fingerprint density at radius 1 is 0.815 bits per heavy atom. The van der Waals surface area contributed by atoms with E-state index >= 15 is 0 Å². The molecule has 142 valence electrons. The summed E-state index contributed by atoms with van der Waals surface area (Å²) < 4.78 is 5.99. The zero-order valence-corrected chi connectivity index (χ0v) is 16.1. The number of carbonyl (C=O) groups is 1. The van der Waals surface area contributed by atoms with Crippen LogP contribution in [0.4, 0.5) is 0 Å². The topological polar surface area (TPSA) is 26.3 Å². The molecule has 0 saturated heterocycles. The van der Waals surface area contributed by atoms with Crippen molar-refractivity contribution in [1.82, 2.24) is 0 Å². The second kappa shape index (κ2) is 12.7. The van der Waals surface area contributed by atoms with Crippen LogP contribution in [0.2, 0.25) is 0 Å². The SMILES string of the molecule is C=CCCCCCCCCOc1cccc(C=O)c1C=Cc1ccccc1. The molecule has 0 aliphatic heterocycles. The summed E-state index contributed by atoms with van der Waals surface area (Å²) in [6.45, 7) is 4.44. The Balaban J connectivity index is 1.86. The monoisotopic (exact) mass is 362 g/mol. The van der Waals surface area contributed by atoms with E-state index < -0.39 is 0 Å². The Labute approximate surface area is 163 Å². The highest BCUT2D eigenvalue weighted by atomic mass is 16.5. The van der Waals surface area contributed by atoms with Crippen molar-refractivity contribution in [2.75, 3.05) is 6.61 Å². The maximum absolute atomic E-state index is 11.4. The Morgan fingerprint density at radius 2 is 1.56 bits per heavy atom. The van der Waals surface area contributed by atoms with Gasteiger partial charge in [-0.3, -0.25) is 4.79 Å². The van der Waals surface area contributed by atoms with E-state index in [2.05, 4.69) is 6.58 Å². The van der Waals surface area contributed by atoms with Crippen LogP contribution < -0.4 is 4.74 Å². The van der Waals surface area contributed by atoms with Crippen molar-refractivity contribution in [2.45, 2.75) is 44.9 Å². The highest BCUT2D eigenvalue weighted by Gasteiger charge is 2.06. The van der Waals surface area contributed by atoms with E-state index in [9.17, 15) is 4.79 Å². The molecule has 0 saturated carbocycles. The van der Waals surface area contributed by atoms with Crippen molar-refractivity contribution in [3.8, 4) is 5.75 Å². The first-order valence-electron chi connectivity index (χ1n) is 9.90. The van der Waals surface area contributed by atoms with Crippen LogP contribution in [0.15, 0.2) is 61.2 Å². The predicted octanol–water partition coefficient (Wildman–Crippen LogP) is 6.97. The largest absolute Gasteiger partial charge is 0.493 e. The lowest BCUT2D eigenvalue weighted by molar-refractivity contribution is 0.112. The lowest BCUT2D eigenvalue weighted by Gasteiger charge is -2.11. The predicted molar refractivity (Wildman–Crippen MR) is 115 cm³/mol. The number of aldehydes is 1. The van der Waals surface area contributed by atoms with Crippen LogP contribution in [0.1, 0.15) is 66.4 Å². The molecule has 0 bridgehead atoms. The van der Waals surface area contributed by atoms with Gasteiger partial charge in [0, 0.05) is 11.1 Å². The average molecular weight is 363 g/mol. The standard InChI is InChI=1S/C25H30O2/c1-2-3-4-5-6-7-8-12-20-27-25-17-13-16-23(21-26)24(25)19-18-22-14-10-9-11-15-22/h2,9-11,13-19,21H,1,3-8,12,20H2. The van der Waals surface area contributed by atoms with E-state index in [1.807, 2.05) is 66.8 Å². The number of benzene rings is 2. The summed E-state index contributed by atoms with van der Waals surface area (Å²) >= 11 is 0. The highest BCUT2D eigenvalue weighted by molar-refractivity contribution is 5.87. The van der Waals surface area contributed by atoms with Gasteiger partial charge in [-0.25, -0.2) is 0 Å². The number of allylic oxidation sites excluding steroid dienone is 1. The van der Waals surface area contributed by atoms with Gasteiger partial charge in [-0.1, -0.05) is 80.3 Å². The fourth-order valence-corrected chi connectivity index (χ4v) is 2.99. The number of ether oxygens (including phenoxy) is 1. The molecule has 0 fully saturated rings. The van der Waals surface area contributed by atoms with E-state index in [1.165, 1.54) is 32.1 Å². The molecule has 0 aliphatic rings. The molecule has 2 aromatic rings. The molecule has 2 heteroatoms. The zero-order chi connectivity index (χ0) is 19.2. The third kappa shape index (κ3) is 7.65. The van der Waals surface area contributed by atoms with E-state index in [0.717, 1.165) is 36.0 Å². The van der Waals surface area contributed by atoms with Crippen molar-refractivity contribution in [3.63, 3.8) is 0 Å². The third-order valence-electron chi connectivity index (χ3n) is 4.53. The molecule has 0 spiro atoms. The molecule has 0 aliphatic carbocycles. The van der Waals surface area contributed by atoms with Gasteiger partial charge in [0.25, 0.3) is 0 Å². The zero-order valence-electron chi connectivity index (χ0n) is 16.1. The lowest BCUT2D eigenvalue weighted by atomic mass is 10.1. The summed E-state index contributed by atoms with van der Waals surface area (Å²) in [5, 5.41) is 0. The molecule has 0 atom stereocenters. The maximum atomic E-state index is 11.4. The highest BCUT2D eigenvalue weighted by Crippen LogP contribution is 2.24. The summed E-state index contributed by atoms with van der Waals surface area (Å²) in [6.07, 6.45) is 15.2. The quantitative estimate of drug-likeness (QED) is 0.166. The number of hydrogen-bond acceptors (Lipinski definition) is 2. The lowest BCUT2D eigenvalue weighted by Crippen LogP contribution is -2.00. The van der Waals surface area contributed by atoms with Crippen LogP contribution in [-0.4, -0.2) is 12.9 Å². The first-order chi connectivity index (χ1) is 13.3. The molecular formula is C25H30O2. The summed E-state index contributed by atoms with van der Waals surface area (Å²) in [4.78, 5) is 11.4. The fourth-order valence-electron chi connectivity index (χ4n) is 2.99. The van der Waals surface area contributed by atoms with Gasteiger partial charge in [-0.2, -0.15) is 0 Å². The van der Waals surface area contributed by atoms with Crippen molar-refractivity contribution < 1.29 is 9.53 Å². The molecule has 0 N–H and O–H groups in total. The van der Waals surface area contributed by atoms with Gasteiger partial charge in [0.1, 0.15) is 5.75 Å². The molecule has 2 rings (SSSR count). The molecule has 0 aromatic heterocycles. The van der Waals surface area contributed by atoms with E-state index in [1.54, 1.807) is 0 Å². The number of carbonyl (C=O) groups excluding carboxylic acids is 1. The summed E-state index contributed by atoms with van der Waals surface area (Å²) in [5.41, 5.74) is 2.60. The molecule has 2 nitrogen and oxygen atoms in total. The Morgan fingerprint density at radius 3 is 2.30 bits per heavy atom. The van der Waals surface area contributed by atoms with Crippen LogP contribution in [0.25, 0.3) is 12.2 Å². The van der Waals surface area contributed by atoms with E-state index in [-0.39, 0.29) is 0 Å². The molecule has 0 heterocycles. The second-order valence-electron chi connectivity index (χ2n) is 6.67. The first kappa shape index (κ1) is 20.7. The van der Waals surface area contributed by atoms with Crippen molar-refractivity contribution in [2.24, 2.45) is 0 Å². The third-order valence-corrected chi connectivity index (χ3v) is 4.53. The van der Waals surface area contributed by atoms with Crippen LogP contribution in [0.3, 0.4) is 0 Å². The van der Waals surface area contributed by atoms with Crippen molar-refractivity contribution in [1.29, 1.82) is 0 Å². The van der Waals surface area contributed by atoms with Crippen molar-refractivity contribution in [3.05, 3.63) is 77.9 Å². The molecule has 0 amide bonds. The first-order valence-corrected chi connectivity index (χ1v) is 9.90. The minimum absolute atomic E-state index is 0.655. The molecule has 27 heavy (non-hydrogen) atoms. The van der Waals surface area contributed by atoms with E-state index in [0.29, 0.717) is 12.2 Å². The summed E-state index contributed by atoms with van der Waals surface area (Å²) in [7, 11) is 0. The van der Waals surface area contributed by atoms with Gasteiger partial charge in [0.2, 0.25) is 0 Å². The van der Waals surface area contributed by atoms with Gasteiger partial charge in [0.15, 0.2) is 6.29 Å². The Hall–Kier alpha value is -2.61. The smallest absolute Gasteiger partial charge is 0.150 e. The van der Waals surface area contributed by atoms with E-state index in [4.69, 9.17) is 4.74 Å². The van der Waals surface area contributed by atoms with Gasteiger partial charge in [-0.05, 0) is 37.0 Å². The van der Waals surface area contributed by atoms with Gasteiger partial charge in [0.05, 0.1) is 6.61 Å². The molecular weight excluding hydrogens is 332 g/mol. The Bertz CT molecular complexity index is 716. The average Bonchev–Trinajstić information content (AvgIpc) is 2.72. The molecule has 0 radical (unpaired) electrons. The van der Waals surface area contributed by atoms with Crippen LogP contribution in [-0.2, 0) is 0 Å². The minimum atomic E-state index is 0.655. The van der Waals surface area contributed by atoms with Crippen LogP contribution >= 0.6 is 0 Å². The molecule has 0 unspecified atom stereocenters. The normalized spacial score (nSPS) is 10.8. The van der Waals surface area contributed by atoms with Gasteiger partial charge < -0.3 is 4.74 Å². The van der Waals surface area contributed by atoms with Gasteiger partial charge in [-0.15, -0.1) is 6.58 Å². The summed E-state index contributed by atoms with van der Waals surface area (Å²) in [6, 6.07) is 15.7.